The first-order chi connectivity index (χ1) is 7.52. The van der Waals surface area contributed by atoms with Crippen LogP contribution in [0.2, 0.25) is 5.02 Å². The van der Waals surface area contributed by atoms with Crippen LogP contribution in [0, 0.1) is 13.8 Å². The Bertz CT molecular complexity index is 413. The second-order valence-electron chi connectivity index (χ2n) is 3.43. The predicted octanol–water partition coefficient (Wildman–Crippen LogP) is 3.14. The fourth-order valence-electron chi connectivity index (χ4n) is 1.55. The first-order valence-electron chi connectivity index (χ1n) is 5.03. The SMILES string of the molecule is CCOc1cc(C)c(Cl)c(C)c1C(=O)OC. The highest BCUT2D eigenvalue weighted by Gasteiger charge is 2.19. The number of hydrogen-bond acceptors (Lipinski definition) is 3. The van der Waals surface area contributed by atoms with Crippen molar-refractivity contribution in [1.82, 2.24) is 0 Å². The van der Waals surface area contributed by atoms with E-state index in [1.807, 2.05) is 13.8 Å². The summed E-state index contributed by atoms with van der Waals surface area (Å²) in [6, 6.07) is 1.76. The van der Waals surface area contributed by atoms with Crippen LogP contribution in [0.25, 0.3) is 0 Å². The van der Waals surface area contributed by atoms with Crippen LogP contribution < -0.4 is 4.74 Å². The van der Waals surface area contributed by atoms with Crippen LogP contribution in [0.1, 0.15) is 28.4 Å². The molecule has 0 N–H and O–H groups in total. The monoisotopic (exact) mass is 242 g/mol. The van der Waals surface area contributed by atoms with Crippen molar-refractivity contribution >= 4 is 17.6 Å². The third kappa shape index (κ3) is 2.30. The zero-order valence-electron chi connectivity index (χ0n) is 9.89. The number of esters is 1. The Kier molecular flexibility index (Phi) is 4.19. The predicted molar refractivity (Wildman–Crippen MR) is 63.4 cm³/mol. The Morgan fingerprint density at radius 2 is 2.06 bits per heavy atom. The first-order valence-corrected chi connectivity index (χ1v) is 5.41. The van der Waals surface area contributed by atoms with Gasteiger partial charge in [0.1, 0.15) is 11.3 Å². The zero-order chi connectivity index (χ0) is 12.3. The van der Waals surface area contributed by atoms with Crippen molar-refractivity contribution in [3.05, 3.63) is 27.8 Å². The molecule has 0 radical (unpaired) electrons. The molecule has 0 saturated heterocycles. The maximum atomic E-state index is 11.6. The quantitative estimate of drug-likeness (QED) is 0.764. The van der Waals surface area contributed by atoms with Gasteiger partial charge in [-0.25, -0.2) is 4.79 Å². The van der Waals surface area contributed by atoms with E-state index in [2.05, 4.69) is 0 Å². The molecule has 3 nitrogen and oxygen atoms in total. The van der Waals surface area contributed by atoms with Gasteiger partial charge < -0.3 is 9.47 Å². The molecule has 88 valence electrons. The fraction of sp³-hybridized carbons (Fsp3) is 0.417. The molecule has 0 atom stereocenters. The highest BCUT2D eigenvalue weighted by atomic mass is 35.5. The minimum Gasteiger partial charge on any atom is -0.493 e. The Morgan fingerprint density at radius 1 is 1.44 bits per heavy atom. The van der Waals surface area contributed by atoms with Gasteiger partial charge in [-0.05, 0) is 38.0 Å². The van der Waals surface area contributed by atoms with Gasteiger partial charge in [0, 0.05) is 5.02 Å². The molecule has 1 aromatic rings. The summed E-state index contributed by atoms with van der Waals surface area (Å²) in [5.41, 5.74) is 1.98. The average Bonchev–Trinajstić information content (AvgIpc) is 2.26. The van der Waals surface area contributed by atoms with E-state index >= 15 is 0 Å². The maximum absolute atomic E-state index is 11.6. The summed E-state index contributed by atoms with van der Waals surface area (Å²) < 4.78 is 10.1. The molecule has 4 heteroatoms. The highest BCUT2D eigenvalue weighted by Crippen LogP contribution is 2.32. The Morgan fingerprint density at radius 3 is 2.56 bits per heavy atom. The number of carbonyl (C=O) groups is 1. The molecule has 0 unspecified atom stereocenters. The molecule has 0 heterocycles. The summed E-state index contributed by atoms with van der Waals surface area (Å²) in [6.45, 7) is 6.01. The summed E-state index contributed by atoms with van der Waals surface area (Å²) in [4.78, 5) is 11.6. The number of carbonyl (C=O) groups excluding carboxylic acids is 1. The van der Waals surface area contributed by atoms with E-state index in [0.29, 0.717) is 28.5 Å². The van der Waals surface area contributed by atoms with Gasteiger partial charge in [0.2, 0.25) is 0 Å². The zero-order valence-corrected chi connectivity index (χ0v) is 10.6. The third-order valence-corrected chi connectivity index (χ3v) is 2.92. The molecule has 1 aromatic carbocycles. The van der Waals surface area contributed by atoms with Crippen molar-refractivity contribution in [3.63, 3.8) is 0 Å². The largest absolute Gasteiger partial charge is 0.493 e. The Hall–Kier alpha value is -1.22. The van der Waals surface area contributed by atoms with Crippen molar-refractivity contribution in [2.75, 3.05) is 13.7 Å². The Balaban J connectivity index is 3.41. The molecular weight excluding hydrogens is 228 g/mol. The van der Waals surface area contributed by atoms with Crippen LogP contribution in [-0.4, -0.2) is 19.7 Å². The van der Waals surface area contributed by atoms with Crippen LogP contribution in [-0.2, 0) is 4.74 Å². The molecule has 0 bridgehead atoms. The van der Waals surface area contributed by atoms with E-state index in [9.17, 15) is 4.79 Å². The number of methoxy groups -OCH3 is 1. The van der Waals surface area contributed by atoms with Gasteiger partial charge in [-0.3, -0.25) is 0 Å². The molecule has 0 aromatic heterocycles. The molecule has 0 aliphatic carbocycles. The number of hydrogen-bond donors (Lipinski definition) is 0. The van der Waals surface area contributed by atoms with Crippen LogP contribution >= 0.6 is 11.6 Å². The first kappa shape index (κ1) is 12.8. The second kappa shape index (κ2) is 5.21. The van der Waals surface area contributed by atoms with Gasteiger partial charge in [0.05, 0.1) is 13.7 Å². The third-order valence-electron chi connectivity index (χ3n) is 2.33. The standard InChI is InChI=1S/C12H15ClO3/c1-5-16-9-6-7(2)11(13)8(3)10(9)12(14)15-4/h6H,5H2,1-4H3. The van der Waals surface area contributed by atoms with Crippen LogP contribution in [0.5, 0.6) is 5.75 Å². The van der Waals surface area contributed by atoms with Gasteiger partial charge in [0.25, 0.3) is 0 Å². The van der Waals surface area contributed by atoms with Crippen LogP contribution in [0.3, 0.4) is 0 Å². The van der Waals surface area contributed by atoms with Gasteiger partial charge in [0.15, 0.2) is 0 Å². The van der Waals surface area contributed by atoms with Gasteiger partial charge >= 0.3 is 5.97 Å². The highest BCUT2D eigenvalue weighted by molar-refractivity contribution is 6.32. The normalized spacial score (nSPS) is 10.1. The van der Waals surface area contributed by atoms with E-state index in [4.69, 9.17) is 21.1 Å². The summed E-state index contributed by atoms with van der Waals surface area (Å²) in [6.07, 6.45) is 0. The molecule has 0 aliphatic rings. The number of halogens is 1. The molecule has 0 aliphatic heterocycles. The number of aryl methyl sites for hydroxylation is 1. The molecular formula is C12H15ClO3. The molecule has 0 spiro atoms. The fourth-order valence-corrected chi connectivity index (χ4v) is 1.70. The summed E-state index contributed by atoms with van der Waals surface area (Å²) in [5, 5.41) is 0.573. The van der Waals surface area contributed by atoms with E-state index in [0.717, 1.165) is 5.56 Å². The van der Waals surface area contributed by atoms with Gasteiger partial charge in [-0.15, -0.1) is 0 Å². The lowest BCUT2D eigenvalue weighted by molar-refractivity contribution is 0.0595. The van der Waals surface area contributed by atoms with E-state index in [-0.39, 0.29) is 0 Å². The van der Waals surface area contributed by atoms with Crippen molar-refractivity contribution in [1.29, 1.82) is 0 Å². The van der Waals surface area contributed by atoms with Gasteiger partial charge in [-0.1, -0.05) is 11.6 Å². The minimum absolute atomic E-state index is 0.403. The van der Waals surface area contributed by atoms with Crippen molar-refractivity contribution < 1.29 is 14.3 Å². The number of rotatable bonds is 3. The summed E-state index contributed by atoms with van der Waals surface area (Å²) in [7, 11) is 1.34. The van der Waals surface area contributed by atoms with E-state index in [1.54, 1.807) is 13.0 Å². The van der Waals surface area contributed by atoms with E-state index in [1.165, 1.54) is 7.11 Å². The topological polar surface area (TPSA) is 35.5 Å². The minimum atomic E-state index is -0.428. The number of ether oxygens (including phenoxy) is 2. The van der Waals surface area contributed by atoms with E-state index < -0.39 is 5.97 Å². The average molecular weight is 243 g/mol. The van der Waals surface area contributed by atoms with Crippen LogP contribution in [0.4, 0.5) is 0 Å². The lowest BCUT2D eigenvalue weighted by atomic mass is 10.0. The molecule has 16 heavy (non-hydrogen) atoms. The molecule has 0 saturated carbocycles. The van der Waals surface area contributed by atoms with Crippen LogP contribution in [0.15, 0.2) is 6.07 Å². The molecule has 1 rings (SSSR count). The van der Waals surface area contributed by atoms with Crippen molar-refractivity contribution in [3.8, 4) is 5.75 Å². The lowest BCUT2D eigenvalue weighted by Gasteiger charge is -2.14. The van der Waals surface area contributed by atoms with Crippen molar-refractivity contribution in [2.45, 2.75) is 20.8 Å². The molecule has 0 amide bonds. The second-order valence-corrected chi connectivity index (χ2v) is 3.81. The maximum Gasteiger partial charge on any atom is 0.341 e. The van der Waals surface area contributed by atoms with Gasteiger partial charge in [-0.2, -0.15) is 0 Å². The molecule has 0 fully saturated rings. The number of benzene rings is 1. The summed E-state index contributed by atoms with van der Waals surface area (Å²) >= 11 is 6.09. The Labute approximate surface area is 100 Å². The lowest BCUT2D eigenvalue weighted by Crippen LogP contribution is -2.09. The van der Waals surface area contributed by atoms with Crippen molar-refractivity contribution in [2.24, 2.45) is 0 Å². The summed E-state index contributed by atoms with van der Waals surface area (Å²) in [5.74, 6) is 0.0941. The smallest absolute Gasteiger partial charge is 0.341 e.